The number of aromatic nitrogens is 2. The first-order valence-electron chi connectivity index (χ1n) is 4.59. The lowest BCUT2D eigenvalue weighted by Crippen LogP contribution is -2.39. The molecule has 88 valence electrons. The Kier molecular flexibility index (Phi) is 4.62. The van der Waals surface area contributed by atoms with Crippen LogP contribution in [0.5, 0.6) is 6.01 Å². The minimum Gasteiger partial charge on any atom is -0.480 e. The van der Waals surface area contributed by atoms with Crippen LogP contribution in [0.4, 0.5) is 0 Å². The normalized spacial score (nSPS) is 12.1. The van der Waals surface area contributed by atoms with Crippen LogP contribution in [-0.4, -0.2) is 45.9 Å². The van der Waals surface area contributed by atoms with Crippen molar-refractivity contribution >= 4 is 5.97 Å². The number of nitrogens with zero attached hydrogens (tertiary/aromatic N) is 2. The average Bonchev–Trinajstić information content (AvgIpc) is 2.30. The molecule has 0 radical (unpaired) electrons. The van der Waals surface area contributed by atoms with Crippen molar-refractivity contribution in [3.63, 3.8) is 0 Å². The second-order valence-electron chi connectivity index (χ2n) is 3.03. The Morgan fingerprint density at radius 2 is 2.19 bits per heavy atom. The highest BCUT2D eigenvalue weighted by Gasteiger charge is 2.14. The molecule has 0 fully saturated rings. The second-order valence-corrected chi connectivity index (χ2v) is 3.03. The molecule has 7 heteroatoms. The number of aliphatic hydroxyl groups excluding tert-OH is 1. The molecule has 0 spiro atoms. The van der Waals surface area contributed by atoms with Crippen molar-refractivity contribution in [3.05, 3.63) is 18.0 Å². The number of carboxylic acid groups (broad SMARTS) is 1. The summed E-state index contributed by atoms with van der Waals surface area (Å²) in [4.78, 5) is 18.3. The van der Waals surface area contributed by atoms with Crippen LogP contribution in [-0.2, 0) is 11.3 Å². The van der Waals surface area contributed by atoms with E-state index in [1.165, 1.54) is 19.5 Å². The third kappa shape index (κ3) is 3.44. The van der Waals surface area contributed by atoms with Crippen molar-refractivity contribution in [3.8, 4) is 6.01 Å². The van der Waals surface area contributed by atoms with Gasteiger partial charge in [-0.05, 0) is 0 Å². The molecule has 0 saturated carbocycles. The molecule has 0 saturated heterocycles. The first-order valence-corrected chi connectivity index (χ1v) is 4.59. The number of rotatable bonds is 6. The summed E-state index contributed by atoms with van der Waals surface area (Å²) in [6, 6.07) is -0.734. The van der Waals surface area contributed by atoms with Crippen LogP contribution in [0.1, 0.15) is 5.56 Å². The largest absolute Gasteiger partial charge is 0.480 e. The lowest BCUT2D eigenvalue weighted by atomic mass is 10.3. The maximum atomic E-state index is 10.6. The number of carbonyl (C=O) groups is 1. The highest BCUT2D eigenvalue weighted by Crippen LogP contribution is 2.01. The summed E-state index contributed by atoms with van der Waals surface area (Å²) in [5.41, 5.74) is 0.709. The number of hydrogen-bond donors (Lipinski definition) is 3. The smallest absolute Gasteiger partial charge is 0.323 e. The first kappa shape index (κ1) is 12.3. The van der Waals surface area contributed by atoms with Crippen molar-refractivity contribution in [1.29, 1.82) is 0 Å². The summed E-state index contributed by atoms with van der Waals surface area (Å²) in [5.74, 6) is -1.10. The number of aliphatic hydroxyl groups is 1. The Balaban J connectivity index is 2.50. The molecule has 0 aromatic carbocycles. The summed E-state index contributed by atoms with van der Waals surface area (Å²) in [6.45, 7) is -0.201. The first-order chi connectivity index (χ1) is 7.67. The molecule has 0 bridgehead atoms. The maximum Gasteiger partial charge on any atom is 0.323 e. The van der Waals surface area contributed by atoms with Gasteiger partial charge in [0.25, 0.3) is 0 Å². The van der Waals surface area contributed by atoms with Gasteiger partial charge in [0.1, 0.15) is 6.04 Å². The molecule has 1 heterocycles. The van der Waals surface area contributed by atoms with Crippen molar-refractivity contribution in [2.45, 2.75) is 12.6 Å². The minimum absolute atomic E-state index is 0.251. The van der Waals surface area contributed by atoms with Crippen LogP contribution in [0.3, 0.4) is 0 Å². The number of aliphatic carboxylic acids is 1. The molecule has 7 nitrogen and oxygen atoms in total. The van der Waals surface area contributed by atoms with Crippen LogP contribution in [0.25, 0.3) is 0 Å². The highest BCUT2D eigenvalue weighted by molar-refractivity contribution is 5.73. The monoisotopic (exact) mass is 227 g/mol. The van der Waals surface area contributed by atoms with Crippen LogP contribution in [0, 0.1) is 0 Å². The SMILES string of the molecule is COc1ncc(CN[C@@H](CO)C(=O)O)cn1. The molecular weight excluding hydrogens is 214 g/mol. The molecule has 0 aliphatic carbocycles. The molecule has 0 aliphatic heterocycles. The standard InChI is InChI=1S/C9H13N3O4/c1-16-9-11-3-6(4-12-9)2-10-7(5-13)8(14)15/h3-4,7,10,13H,2,5H2,1H3,(H,14,15)/t7-/m0/s1. The van der Waals surface area contributed by atoms with E-state index in [1.807, 2.05) is 0 Å². The fourth-order valence-electron chi connectivity index (χ4n) is 1.01. The quantitative estimate of drug-likeness (QED) is 0.573. The van der Waals surface area contributed by atoms with Gasteiger partial charge in [0.15, 0.2) is 0 Å². The Morgan fingerprint density at radius 1 is 1.56 bits per heavy atom. The van der Waals surface area contributed by atoms with Crippen molar-refractivity contribution in [2.75, 3.05) is 13.7 Å². The Bertz CT molecular complexity index is 341. The Morgan fingerprint density at radius 3 is 2.62 bits per heavy atom. The fraction of sp³-hybridized carbons (Fsp3) is 0.444. The van der Waals surface area contributed by atoms with Gasteiger partial charge in [0, 0.05) is 24.5 Å². The summed E-state index contributed by atoms with van der Waals surface area (Å²) < 4.78 is 4.78. The van der Waals surface area contributed by atoms with Gasteiger partial charge < -0.3 is 14.9 Å². The van der Waals surface area contributed by atoms with E-state index in [9.17, 15) is 4.79 Å². The molecule has 1 atom stereocenters. The summed E-state index contributed by atoms with van der Waals surface area (Å²) >= 11 is 0. The molecule has 1 aromatic heterocycles. The number of methoxy groups -OCH3 is 1. The Labute approximate surface area is 92.1 Å². The summed E-state index contributed by atoms with van der Waals surface area (Å²) in [7, 11) is 1.46. The van der Waals surface area contributed by atoms with E-state index >= 15 is 0 Å². The second kappa shape index (κ2) is 5.99. The van der Waals surface area contributed by atoms with Crippen LogP contribution in [0.15, 0.2) is 12.4 Å². The van der Waals surface area contributed by atoms with E-state index in [2.05, 4.69) is 15.3 Å². The van der Waals surface area contributed by atoms with E-state index in [0.29, 0.717) is 5.56 Å². The number of ether oxygens (including phenoxy) is 1. The van der Waals surface area contributed by atoms with Gasteiger partial charge in [-0.1, -0.05) is 0 Å². The summed E-state index contributed by atoms with van der Waals surface area (Å²) in [5, 5.41) is 20.1. The lowest BCUT2D eigenvalue weighted by Gasteiger charge is -2.10. The van der Waals surface area contributed by atoms with Crippen LogP contribution >= 0.6 is 0 Å². The van der Waals surface area contributed by atoms with Gasteiger partial charge in [-0.25, -0.2) is 9.97 Å². The van der Waals surface area contributed by atoms with E-state index in [-0.39, 0.29) is 12.6 Å². The van der Waals surface area contributed by atoms with Gasteiger partial charge in [-0.15, -0.1) is 0 Å². The van der Waals surface area contributed by atoms with Gasteiger partial charge in [-0.2, -0.15) is 0 Å². The highest BCUT2D eigenvalue weighted by atomic mass is 16.5. The zero-order valence-electron chi connectivity index (χ0n) is 8.75. The number of carboxylic acids is 1. The molecule has 0 amide bonds. The number of nitrogens with one attached hydrogen (secondary N) is 1. The van der Waals surface area contributed by atoms with Crippen LogP contribution in [0.2, 0.25) is 0 Å². The van der Waals surface area contributed by atoms with Gasteiger partial charge in [0.2, 0.25) is 0 Å². The molecule has 0 aliphatic rings. The van der Waals surface area contributed by atoms with Crippen molar-refractivity contribution in [1.82, 2.24) is 15.3 Å². The predicted molar refractivity (Wildman–Crippen MR) is 53.9 cm³/mol. The zero-order chi connectivity index (χ0) is 12.0. The van der Waals surface area contributed by atoms with Crippen molar-refractivity contribution < 1.29 is 19.7 Å². The molecule has 3 N–H and O–H groups in total. The zero-order valence-corrected chi connectivity index (χ0v) is 8.75. The molecular formula is C9H13N3O4. The predicted octanol–water partition coefficient (Wildman–Crippen LogP) is -0.980. The fourth-order valence-corrected chi connectivity index (χ4v) is 1.01. The van der Waals surface area contributed by atoms with Gasteiger partial charge in [-0.3, -0.25) is 10.1 Å². The van der Waals surface area contributed by atoms with E-state index < -0.39 is 18.6 Å². The molecule has 1 aromatic rings. The van der Waals surface area contributed by atoms with E-state index in [0.717, 1.165) is 0 Å². The topological polar surface area (TPSA) is 105 Å². The lowest BCUT2D eigenvalue weighted by molar-refractivity contribution is -0.140. The molecule has 1 rings (SSSR count). The van der Waals surface area contributed by atoms with Gasteiger partial charge in [0.05, 0.1) is 13.7 Å². The average molecular weight is 227 g/mol. The minimum atomic E-state index is -1.10. The Hall–Kier alpha value is -1.73. The molecule has 0 unspecified atom stereocenters. The van der Waals surface area contributed by atoms with Crippen LogP contribution < -0.4 is 10.1 Å². The maximum absolute atomic E-state index is 10.6. The third-order valence-electron chi connectivity index (χ3n) is 1.90. The third-order valence-corrected chi connectivity index (χ3v) is 1.90. The van der Waals surface area contributed by atoms with E-state index in [1.54, 1.807) is 0 Å². The van der Waals surface area contributed by atoms with Crippen molar-refractivity contribution in [2.24, 2.45) is 0 Å². The number of hydrogen-bond acceptors (Lipinski definition) is 6. The van der Waals surface area contributed by atoms with Gasteiger partial charge >= 0.3 is 12.0 Å². The molecule has 16 heavy (non-hydrogen) atoms. The van der Waals surface area contributed by atoms with E-state index in [4.69, 9.17) is 14.9 Å². The summed E-state index contributed by atoms with van der Waals surface area (Å²) in [6.07, 6.45) is 3.05.